The van der Waals surface area contributed by atoms with Gasteiger partial charge in [-0.2, -0.15) is 0 Å². The molecule has 3 fully saturated rings. The lowest BCUT2D eigenvalue weighted by atomic mass is 9.47. The summed E-state index contributed by atoms with van der Waals surface area (Å²) in [5.41, 5.74) is 2.01. The first kappa shape index (κ1) is 20.9. The van der Waals surface area contributed by atoms with E-state index in [-0.39, 0.29) is 6.10 Å². The van der Waals surface area contributed by atoms with E-state index in [1.807, 2.05) is 13.8 Å². The van der Waals surface area contributed by atoms with E-state index in [0.717, 1.165) is 42.9 Å². The van der Waals surface area contributed by atoms with Gasteiger partial charge in [0.15, 0.2) is 0 Å². The molecule has 0 aliphatic heterocycles. The van der Waals surface area contributed by atoms with Gasteiger partial charge in [-0.25, -0.2) is 0 Å². The molecule has 3 saturated carbocycles. The Hall–Kier alpha value is -0.340. The number of rotatable bonds is 5. The first-order valence-electron chi connectivity index (χ1n) is 12.2. The molecule has 4 aliphatic carbocycles. The largest absolute Gasteiger partial charge is 0.393 e. The molecular formula is C26H44O2. The number of hydrogen-bond acceptors (Lipinski definition) is 2. The van der Waals surface area contributed by atoms with Crippen molar-refractivity contribution in [3.05, 3.63) is 11.6 Å². The normalized spacial score (nSPS) is 45.8. The van der Waals surface area contributed by atoms with Gasteiger partial charge in [-0.05, 0) is 113 Å². The maximum atomic E-state index is 10.2. The van der Waals surface area contributed by atoms with E-state index in [1.54, 1.807) is 5.57 Å². The smallest absolute Gasteiger partial charge is 0.0591 e. The zero-order valence-corrected chi connectivity index (χ0v) is 18.8. The zero-order chi connectivity index (χ0) is 20.2. The Bertz CT molecular complexity index is 602. The van der Waals surface area contributed by atoms with Gasteiger partial charge in [-0.1, -0.05) is 38.3 Å². The highest BCUT2D eigenvalue weighted by Crippen LogP contribution is 2.66. The standard InChI is InChI=1S/C26H44O2/c1-24(2,28)14-6-5-7-18-9-11-22-21-10-8-19-17-20(27)12-15-26(19,4)23(21)13-16-25(18,22)3/h8,18,20-23,27-28H,5-7,9-17H2,1-4H3/t18?,20-,21-,22?,23?,25+,26-/m0/s1. The molecule has 2 nitrogen and oxygen atoms in total. The van der Waals surface area contributed by atoms with Crippen LogP contribution in [0.3, 0.4) is 0 Å². The molecule has 0 spiro atoms. The summed E-state index contributed by atoms with van der Waals surface area (Å²) in [5.74, 6) is 3.54. The van der Waals surface area contributed by atoms with Crippen LogP contribution in [0.1, 0.15) is 105 Å². The van der Waals surface area contributed by atoms with Crippen molar-refractivity contribution in [1.29, 1.82) is 0 Å². The van der Waals surface area contributed by atoms with Crippen LogP contribution in [0.2, 0.25) is 0 Å². The van der Waals surface area contributed by atoms with E-state index in [4.69, 9.17) is 0 Å². The molecule has 0 aromatic heterocycles. The molecule has 4 aliphatic rings. The van der Waals surface area contributed by atoms with Crippen molar-refractivity contribution in [2.24, 2.45) is 34.5 Å². The fraction of sp³-hybridized carbons (Fsp3) is 0.923. The Kier molecular flexibility index (Phi) is 5.54. The lowest BCUT2D eigenvalue weighted by Gasteiger charge is -2.58. The molecule has 0 aromatic carbocycles. The highest BCUT2D eigenvalue weighted by atomic mass is 16.3. The second-order valence-corrected chi connectivity index (χ2v) is 12.0. The monoisotopic (exact) mass is 388 g/mol. The Morgan fingerprint density at radius 3 is 2.57 bits per heavy atom. The van der Waals surface area contributed by atoms with Crippen molar-refractivity contribution in [3.8, 4) is 0 Å². The molecule has 0 saturated heterocycles. The van der Waals surface area contributed by atoms with Crippen LogP contribution >= 0.6 is 0 Å². The molecule has 2 N–H and O–H groups in total. The number of fused-ring (bicyclic) bond motifs is 5. The average Bonchev–Trinajstić information content (AvgIpc) is 2.95. The van der Waals surface area contributed by atoms with Gasteiger partial charge in [0.2, 0.25) is 0 Å². The van der Waals surface area contributed by atoms with Crippen molar-refractivity contribution in [2.75, 3.05) is 0 Å². The molecule has 2 heteroatoms. The van der Waals surface area contributed by atoms with Crippen molar-refractivity contribution < 1.29 is 10.2 Å². The lowest BCUT2D eigenvalue weighted by Crippen LogP contribution is -2.50. The Morgan fingerprint density at radius 2 is 1.82 bits per heavy atom. The van der Waals surface area contributed by atoms with Gasteiger partial charge in [0.25, 0.3) is 0 Å². The average molecular weight is 389 g/mol. The molecule has 28 heavy (non-hydrogen) atoms. The molecule has 7 atom stereocenters. The summed E-state index contributed by atoms with van der Waals surface area (Å²) in [6.07, 6.45) is 17.3. The summed E-state index contributed by atoms with van der Waals surface area (Å²) >= 11 is 0. The molecule has 0 radical (unpaired) electrons. The highest BCUT2D eigenvalue weighted by molar-refractivity contribution is 5.25. The van der Waals surface area contributed by atoms with Crippen molar-refractivity contribution in [2.45, 2.75) is 116 Å². The summed E-state index contributed by atoms with van der Waals surface area (Å²) in [5, 5.41) is 20.2. The number of hydrogen-bond donors (Lipinski definition) is 2. The zero-order valence-electron chi connectivity index (χ0n) is 18.8. The SMILES string of the molecule is CC(C)(O)CCCCC1CCC2[C@@H]3CC=C4C[C@@H](O)CC[C@]4(C)C3CC[C@]12C. The van der Waals surface area contributed by atoms with Crippen LogP contribution in [0, 0.1) is 34.5 Å². The van der Waals surface area contributed by atoms with Crippen LogP contribution < -0.4 is 0 Å². The molecule has 0 bridgehead atoms. The molecular weight excluding hydrogens is 344 g/mol. The molecule has 4 rings (SSSR count). The van der Waals surface area contributed by atoms with E-state index in [9.17, 15) is 10.2 Å². The van der Waals surface area contributed by atoms with Gasteiger partial charge in [0, 0.05) is 0 Å². The predicted octanol–water partition coefficient (Wildman–Crippen LogP) is 6.26. The van der Waals surface area contributed by atoms with E-state index < -0.39 is 5.60 Å². The van der Waals surface area contributed by atoms with Gasteiger partial charge < -0.3 is 10.2 Å². The summed E-state index contributed by atoms with van der Waals surface area (Å²) < 4.78 is 0. The summed E-state index contributed by atoms with van der Waals surface area (Å²) in [4.78, 5) is 0. The van der Waals surface area contributed by atoms with Gasteiger partial charge in [-0.15, -0.1) is 0 Å². The van der Waals surface area contributed by atoms with Crippen LogP contribution in [0.15, 0.2) is 11.6 Å². The maximum Gasteiger partial charge on any atom is 0.0591 e. The molecule has 0 heterocycles. The number of aliphatic hydroxyl groups is 2. The van der Waals surface area contributed by atoms with Crippen LogP contribution in [0.5, 0.6) is 0 Å². The number of allylic oxidation sites excluding steroid dienone is 1. The summed E-state index contributed by atoms with van der Waals surface area (Å²) in [6.45, 7) is 9.05. The van der Waals surface area contributed by atoms with E-state index >= 15 is 0 Å². The lowest BCUT2D eigenvalue weighted by molar-refractivity contribution is -0.0510. The molecule has 3 unspecified atom stereocenters. The second-order valence-electron chi connectivity index (χ2n) is 12.0. The Labute approximate surface area is 173 Å². The minimum absolute atomic E-state index is 0.0931. The quantitative estimate of drug-likeness (QED) is 0.431. The first-order valence-corrected chi connectivity index (χ1v) is 12.2. The van der Waals surface area contributed by atoms with Crippen LogP contribution in [-0.4, -0.2) is 21.9 Å². The summed E-state index contributed by atoms with van der Waals surface area (Å²) in [6, 6.07) is 0. The van der Waals surface area contributed by atoms with E-state index in [1.165, 1.54) is 57.8 Å². The third kappa shape index (κ3) is 3.62. The minimum atomic E-state index is -0.505. The number of unbranched alkanes of at least 4 members (excludes halogenated alkanes) is 1. The minimum Gasteiger partial charge on any atom is -0.393 e. The van der Waals surface area contributed by atoms with E-state index in [0.29, 0.717) is 10.8 Å². The first-order chi connectivity index (χ1) is 13.1. The fourth-order valence-electron chi connectivity index (χ4n) is 8.17. The van der Waals surface area contributed by atoms with Gasteiger partial charge in [0.1, 0.15) is 0 Å². The third-order valence-corrected chi connectivity index (χ3v) is 9.87. The van der Waals surface area contributed by atoms with Crippen molar-refractivity contribution in [1.82, 2.24) is 0 Å². The Balaban J connectivity index is 1.43. The van der Waals surface area contributed by atoms with Gasteiger partial charge in [0.05, 0.1) is 11.7 Å². The van der Waals surface area contributed by atoms with Crippen LogP contribution in [0.4, 0.5) is 0 Å². The van der Waals surface area contributed by atoms with Crippen LogP contribution in [0.25, 0.3) is 0 Å². The summed E-state index contributed by atoms with van der Waals surface area (Å²) in [7, 11) is 0. The maximum absolute atomic E-state index is 10.2. The van der Waals surface area contributed by atoms with Gasteiger partial charge >= 0.3 is 0 Å². The molecule has 160 valence electrons. The number of aliphatic hydroxyl groups excluding tert-OH is 1. The predicted molar refractivity (Wildman–Crippen MR) is 116 cm³/mol. The van der Waals surface area contributed by atoms with E-state index in [2.05, 4.69) is 19.9 Å². The highest BCUT2D eigenvalue weighted by Gasteiger charge is 2.58. The van der Waals surface area contributed by atoms with Crippen molar-refractivity contribution >= 4 is 0 Å². The van der Waals surface area contributed by atoms with Crippen LogP contribution in [-0.2, 0) is 0 Å². The second kappa shape index (κ2) is 7.41. The fourth-order valence-corrected chi connectivity index (χ4v) is 8.17. The molecule has 0 aromatic rings. The Morgan fingerprint density at radius 1 is 1.04 bits per heavy atom. The van der Waals surface area contributed by atoms with Crippen molar-refractivity contribution in [3.63, 3.8) is 0 Å². The topological polar surface area (TPSA) is 40.5 Å². The molecule has 0 amide bonds. The van der Waals surface area contributed by atoms with Gasteiger partial charge in [-0.3, -0.25) is 0 Å². The third-order valence-electron chi connectivity index (χ3n) is 9.87.